The molecule has 0 atom stereocenters. The van der Waals surface area contributed by atoms with Crippen molar-refractivity contribution in [3.8, 4) is 5.75 Å². The molecule has 8 heteroatoms. The lowest BCUT2D eigenvalue weighted by Gasteiger charge is -2.07. The van der Waals surface area contributed by atoms with Crippen molar-refractivity contribution in [2.24, 2.45) is 4.99 Å². The standard InChI is InChI=1S/C25H13Cl2NO4S/c26-16-11-9-14(10-12-16)24(29)31-19-7-3-1-5-15(19)13-18-25(30)32-23(28-18)22-21(27)17-6-2-4-8-20(17)33-22/h1-13H/b18-13+. The lowest BCUT2D eigenvalue weighted by Crippen LogP contribution is -2.09. The highest BCUT2D eigenvalue weighted by atomic mass is 35.5. The summed E-state index contributed by atoms with van der Waals surface area (Å²) in [4.78, 5) is 30.0. The van der Waals surface area contributed by atoms with E-state index in [1.807, 2.05) is 24.3 Å². The lowest BCUT2D eigenvalue weighted by atomic mass is 10.1. The van der Waals surface area contributed by atoms with Crippen LogP contribution >= 0.6 is 34.5 Å². The van der Waals surface area contributed by atoms with Crippen LogP contribution in [0, 0.1) is 0 Å². The van der Waals surface area contributed by atoms with Gasteiger partial charge in [-0.2, -0.15) is 0 Å². The number of para-hydroxylation sites is 1. The Morgan fingerprint density at radius 2 is 1.70 bits per heavy atom. The van der Waals surface area contributed by atoms with Gasteiger partial charge in [0, 0.05) is 20.7 Å². The van der Waals surface area contributed by atoms with E-state index in [0.29, 0.717) is 26.0 Å². The minimum absolute atomic E-state index is 0.0773. The summed E-state index contributed by atoms with van der Waals surface area (Å²) in [5.41, 5.74) is 0.926. The number of thiophene rings is 1. The fourth-order valence-corrected chi connectivity index (χ4v) is 4.81. The molecule has 0 N–H and O–H groups in total. The van der Waals surface area contributed by atoms with Crippen LogP contribution in [0.25, 0.3) is 16.2 Å². The van der Waals surface area contributed by atoms with Crippen molar-refractivity contribution in [2.75, 3.05) is 0 Å². The van der Waals surface area contributed by atoms with Crippen molar-refractivity contribution in [1.82, 2.24) is 0 Å². The molecule has 33 heavy (non-hydrogen) atoms. The number of esters is 2. The molecule has 1 aliphatic rings. The first-order valence-corrected chi connectivity index (χ1v) is 11.3. The molecule has 5 nitrogen and oxygen atoms in total. The van der Waals surface area contributed by atoms with Gasteiger partial charge in [-0.25, -0.2) is 14.6 Å². The molecular weight excluding hydrogens is 481 g/mol. The first-order chi connectivity index (χ1) is 16.0. The summed E-state index contributed by atoms with van der Waals surface area (Å²) in [5, 5.41) is 1.87. The van der Waals surface area contributed by atoms with Crippen molar-refractivity contribution >= 4 is 68.5 Å². The van der Waals surface area contributed by atoms with Crippen LogP contribution in [0.3, 0.4) is 0 Å². The number of cyclic esters (lactones) is 1. The number of carbonyl (C=O) groups is 2. The zero-order chi connectivity index (χ0) is 22.9. The number of rotatable bonds is 4. The van der Waals surface area contributed by atoms with Crippen molar-refractivity contribution in [2.45, 2.75) is 0 Å². The molecule has 4 aromatic rings. The number of benzene rings is 3. The van der Waals surface area contributed by atoms with Gasteiger partial charge in [-0.1, -0.05) is 59.6 Å². The predicted octanol–water partition coefficient (Wildman–Crippen LogP) is 6.77. The molecule has 0 aliphatic carbocycles. The average molecular weight is 494 g/mol. The molecule has 1 aliphatic heterocycles. The van der Waals surface area contributed by atoms with E-state index in [4.69, 9.17) is 32.7 Å². The zero-order valence-corrected chi connectivity index (χ0v) is 19.1. The smallest absolute Gasteiger partial charge is 0.363 e. The fraction of sp³-hybridized carbons (Fsp3) is 0. The first-order valence-electron chi connectivity index (χ1n) is 9.76. The lowest BCUT2D eigenvalue weighted by molar-refractivity contribution is -0.129. The van der Waals surface area contributed by atoms with E-state index in [9.17, 15) is 9.59 Å². The summed E-state index contributed by atoms with van der Waals surface area (Å²) in [7, 11) is 0. The summed E-state index contributed by atoms with van der Waals surface area (Å²) in [6.45, 7) is 0. The van der Waals surface area contributed by atoms with Crippen molar-refractivity contribution in [3.05, 3.63) is 105 Å². The number of hydrogen-bond donors (Lipinski definition) is 0. The van der Waals surface area contributed by atoms with Crippen molar-refractivity contribution in [1.29, 1.82) is 0 Å². The van der Waals surface area contributed by atoms with Gasteiger partial charge in [0.25, 0.3) is 0 Å². The third-order valence-corrected chi connectivity index (χ3v) is 6.76. The Bertz CT molecular complexity index is 1470. The molecule has 0 saturated carbocycles. The van der Waals surface area contributed by atoms with Gasteiger partial charge in [0.1, 0.15) is 10.6 Å². The van der Waals surface area contributed by atoms with Gasteiger partial charge in [-0.3, -0.25) is 0 Å². The van der Waals surface area contributed by atoms with Gasteiger partial charge in [0.2, 0.25) is 5.90 Å². The molecular formula is C25H13Cl2NO4S. The molecule has 3 aromatic carbocycles. The van der Waals surface area contributed by atoms with Crippen molar-refractivity contribution < 1.29 is 19.1 Å². The van der Waals surface area contributed by atoms with Gasteiger partial charge in [0.05, 0.1) is 10.6 Å². The topological polar surface area (TPSA) is 65.0 Å². The average Bonchev–Trinajstić information content (AvgIpc) is 3.35. The van der Waals surface area contributed by atoms with Crippen LogP contribution in [0.5, 0.6) is 5.75 Å². The van der Waals surface area contributed by atoms with Crippen LogP contribution in [0.1, 0.15) is 20.8 Å². The van der Waals surface area contributed by atoms with E-state index in [1.54, 1.807) is 48.5 Å². The van der Waals surface area contributed by atoms with Gasteiger partial charge < -0.3 is 9.47 Å². The Labute approximate surface area is 202 Å². The van der Waals surface area contributed by atoms with E-state index in [1.165, 1.54) is 17.4 Å². The highest BCUT2D eigenvalue weighted by Gasteiger charge is 2.28. The molecule has 2 heterocycles. The van der Waals surface area contributed by atoms with E-state index in [2.05, 4.69) is 4.99 Å². The highest BCUT2D eigenvalue weighted by molar-refractivity contribution is 7.21. The second kappa shape index (κ2) is 8.83. The van der Waals surface area contributed by atoms with Crippen LogP contribution in [0.2, 0.25) is 10.0 Å². The molecule has 0 amide bonds. The Kier molecular flexibility index (Phi) is 5.72. The maximum absolute atomic E-state index is 12.5. The Hall–Kier alpha value is -3.45. The molecule has 0 bridgehead atoms. The monoisotopic (exact) mass is 493 g/mol. The Balaban J connectivity index is 1.46. The Morgan fingerprint density at radius 3 is 2.48 bits per heavy atom. The first kappa shape index (κ1) is 21.4. The number of aliphatic imine (C=N–C) groups is 1. The van der Waals surface area contributed by atoms with Crippen molar-refractivity contribution in [3.63, 3.8) is 0 Å². The van der Waals surface area contributed by atoms with E-state index in [-0.39, 0.29) is 17.3 Å². The quantitative estimate of drug-likeness (QED) is 0.178. The third-order valence-electron chi connectivity index (χ3n) is 4.84. The SMILES string of the molecule is O=C1OC(c2sc3ccccc3c2Cl)=N/C1=C/c1ccccc1OC(=O)c1ccc(Cl)cc1. The highest BCUT2D eigenvalue weighted by Crippen LogP contribution is 2.37. The summed E-state index contributed by atoms with van der Waals surface area (Å²) in [6.07, 6.45) is 1.51. The predicted molar refractivity (Wildman–Crippen MR) is 130 cm³/mol. The van der Waals surface area contributed by atoms with Gasteiger partial charge in [-0.15, -0.1) is 11.3 Å². The van der Waals surface area contributed by atoms with E-state index in [0.717, 1.165) is 10.1 Å². The van der Waals surface area contributed by atoms with E-state index >= 15 is 0 Å². The molecule has 0 unspecified atom stereocenters. The number of fused-ring (bicyclic) bond motifs is 1. The van der Waals surface area contributed by atoms with Gasteiger partial charge >= 0.3 is 11.9 Å². The molecule has 0 spiro atoms. The largest absolute Gasteiger partial charge is 0.422 e. The summed E-state index contributed by atoms with van der Waals surface area (Å²) in [5.74, 6) is -0.737. The number of halogens is 2. The van der Waals surface area contributed by atoms with Crippen LogP contribution < -0.4 is 4.74 Å². The van der Waals surface area contributed by atoms with Gasteiger partial charge in [-0.05, 0) is 42.5 Å². The molecule has 0 fully saturated rings. The Morgan fingerprint density at radius 1 is 0.970 bits per heavy atom. The molecule has 0 saturated heterocycles. The summed E-state index contributed by atoms with van der Waals surface area (Å²) in [6, 6.07) is 20.8. The van der Waals surface area contributed by atoms with E-state index < -0.39 is 11.9 Å². The van der Waals surface area contributed by atoms with Crippen LogP contribution in [0.15, 0.2) is 83.5 Å². The molecule has 1 aromatic heterocycles. The third kappa shape index (κ3) is 4.28. The second-order valence-electron chi connectivity index (χ2n) is 7.01. The number of carbonyl (C=O) groups excluding carboxylic acids is 2. The number of ether oxygens (including phenoxy) is 2. The second-order valence-corrected chi connectivity index (χ2v) is 8.88. The summed E-state index contributed by atoms with van der Waals surface area (Å²) >= 11 is 13.8. The minimum atomic E-state index is -0.614. The normalized spacial score (nSPS) is 14.4. The minimum Gasteiger partial charge on any atom is -0.422 e. The van der Waals surface area contributed by atoms with Crippen LogP contribution in [-0.4, -0.2) is 17.8 Å². The number of nitrogens with zero attached hydrogens (tertiary/aromatic N) is 1. The molecule has 5 rings (SSSR count). The maximum atomic E-state index is 12.5. The molecule has 162 valence electrons. The van der Waals surface area contributed by atoms with Gasteiger partial charge in [0.15, 0.2) is 5.70 Å². The van der Waals surface area contributed by atoms with Crippen LogP contribution in [0.4, 0.5) is 0 Å². The fourth-order valence-electron chi connectivity index (χ4n) is 3.24. The molecule has 0 radical (unpaired) electrons. The van der Waals surface area contributed by atoms with Crippen LogP contribution in [-0.2, 0) is 9.53 Å². The summed E-state index contributed by atoms with van der Waals surface area (Å²) < 4.78 is 11.9. The number of hydrogen-bond acceptors (Lipinski definition) is 6. The zero-order valence-electron chi connectivity index (χ0n) is 16.7. The maximum Gasteiger partial charge on any atom is 0.363 e.